The average molecular weight is 1060 g/mol. The zero-order chi connectivity index (χ0) is 55.0. The van der Waals surface area contributed by atoms with E-state index < -0.39 is 6.10 Å². The van der Waals surface area contributed by atoms with E-state index in [4.69, 9.17) is 14.2 Å². The number of hydrogen-bond donors (Lipinski definition) is 0. The molecule has 0 aliphatic heterocycles. The molecular weight excluding hydrogens is 937 g/mol. The van der Waals surface area contributed by atoms with Crippen molar-refractivity contribution in [3.63, 3.8) is 0 Å². The predicted molar refractivity (Wildman–Crippen MR) is 330 cm³/mol. The summed E-state index contributed by atoms with van der Waals surface area (Å²) >= 11 is 0. The minimum Gasteiger partial charge on any atom is -0.462 e. The van der Waals surface area contributed by atoms with Crippen LogP contribution in [-0.2, 0) is 28.6 Å². The summed E-state index contributed by atoms with van der Waals surface area (Å²) in [5, 5.41) is 0. The van der Waals surface area contributed by atoms with Crippen molar-refractivity contribution in [3.05, 3.63) is 97.2 Å². The molecular formula is C70H120O6. The van der Waals surface area contributed by atoms with E-state index >= 15 is 0 Å². The Bertz CT molecular complexity index is 1490. The molecule has 0 N–H and O–H groups in total. The van der Waals surface area contributed by atoms with E-state index in [1.165, 1.54) is 141 Å². The van der Waals surface area contributed by atoms with Crippen LogP contribution in [0.5, 0.6) is 0 Å². The van der Waals surface area contributed by atoms with Gasteiger partial charge in [0.25, 0.3) is 0 Å². The number of ether oxygens (including phenoxy) is 3. The van der Waals surface area contributed by atoms with Crippen molar-refractivity contribution in [2.24, 2.45) is 0 Å². The quantitative estimate of drug-likeness (QED) is 0.0261. The lowest BCUT2D eigenvalue weighted by molar-refractivity contribution is -0.167. The Labute approximate surface area is 470 Å². The summed E-state index contributed by atoms with van der Waals surface area (Å²) in [6.45, 7) is 6.58. The fourth-order valence-corrected chi connectivity index (χ4v) is 8.90. The van der Waals surface area contributed by atoms with E-state index in [2.05, 4.69) is 118 Å². The van der Waals surface area contributed by atoms with Gasteiger partial charge >= 0.3 is 17.9 Å². The summed E-state index contributed by atoms with van der Waals surface area (Å²) in [6, 6.07) is 0. The number of hydrogen-bond acceptors (Lipinski definition) is 6. The maximum Gasteiger partial charge on any atom is 0.306 e. The summed E-state index contributed by atoms with van der Waals surface area (Å²) in [5.74, 6) is -0.916. The topological polar surface area (TPSA) is 78.9 Å². The SMILES string of the molecule is CCCCC/C=C\C/C=C\C/C=C\CCCCCCCCC(=O)OC(COC(=O)CCCCCCC/C=C\C/C=C\CCCCCC)COC(=O)CCCCCCCCCC/C=C\C/C=C\C/C=C\CCCCCCC. The second kappa shape index (κ2) is 63.9. The van der Waals surface area contributed by atoms with Crippen LogP contribution >= 0.6 is 0 Å². The molecule has 0 heterocycles. The average Bonchev–Trinajstić information content (AvgIpc) is 3.42. The van der Waals surface area contributed by atoms with Crippen molar-refractivity contribution in [2.75, 3.05) is 13.2 Å². The van der Waals surface area contributed by atoms with Gasteiger partial charge in [0, 0.05) is 19.3 Å². The van der Waals surface area contributed by atoms with Crippen molar-refractivity contribution >= 4 is 17.9 Å². The standard InChI is InChI=1S/C70H120O6/c1-4-7-10-13-16-19-22-25-28-31-33-34-35-36-38-39-42-45-48-51-54-57-60-63-69(72)75-66-67(65-74-68(71)62-59-56-53-50-47-44-41-30-27-24-21-18-15-12-9-6-3)76-70(73)64-61-58-55-52-49-46-43-40-37-32-29-26-23-20-17-14-11-8-5-2/h17,20-22,24-26,29-31,33,35-37,40-41,67H,4-16,18-19,23,27-28,32,34,38-39,42-66H2,1-3H3/b20-17-,24-21-,25-22-,29-26-,33-31-,36-35-,40-37-,41-30-. The van der Waals surface area contributed by atoms with E-state index in [1.807, 2.05) is 0 Å². The summed E-state index contributed by atoms with van der Waals surface area (Å²) in [5.41, 5.74) is 0. The highest BCUT2D eigenvalue weighted by atomic mass is 16.6. The van der Waals surface area contributed by atoms with Gasteiger partial charge in [-0.3, -0.25) is 14.4 Å². The maximum atomic E-state index is 12.9. The van der Waals surface area contributed by atoms with Gasteiger partial charge in [0.05, 0.1) is 0 Å². The molecule has 0 aromatic heterocycles. The predicted octanol–water partition coefficient (Wildman–Crippen LogP) is 22.0. The summed E-state index contributed by atoms with van der Waals surface area (Å²) in [6.07, 6.45) is 85.4. The summed E-state index contributed by atoms with van der Waals surface area (Å²) in [7, 11) is 0. The third kappa shape index (κ3) is 61.2. The van der Waals surface area contributed by atoms with Crippen molar-refractivity contribution in [1.29, 1.82) is 0 Å². The van der Waals surface area contributed by atoms with Gasteiger partial charge in [-0.25, -0.2) is 0 Å². The Kier molecular flexibility index (Phi) is 60.8. The molecule has 0 bridgehead atoms. The third-order valence-electron chi connectivity index (χ3n) is 13.8. The summed E-state index contributed by atoms with van der Waals surface area (Å²) in [4.78, 5) is 38.3. The molecule has 0 radical (unpaired) electrons. The van der Waals surface area contributed by atoms with Crippen LogP contribution in [0.15, 0.2) is 97.2 Å². The Morgan fingerprint density at radius 2 is 0.474 bits per heavy atom. The molecule has 6 heteroatoms. The van der Waals surface area contributed by atoms with Crippen molar-refractivity contribution in [3.8, 4) is 0 Å². The second-order valence-electron chi connectivity index (χ2n) is 21.3. The molecule has 0 spiro atoms. The van der Waals surface area contributed by atoms with Crippen molar-refractivity contribution in [2.45, 2.75) is 316 Å². The molecule has 0 rings (SSSR count). The fraction of sp³-hybridized carbons (Fsp3) is 0.729. The van der Waals surface area contributed by atoms with Gasteiger partial charge in [-0.1, -0.05) is 259 Å². The van der Waals surface area contributed by atoms with Gasteiger partial charge in [-0.05, 0) is 128 Å². The van der Waals surface area contributed by atoms with Crippen LogP contribution in [0, 0.1) is 0 Å². The first-order valence-corrected chi connectivity index (χ1v) is 32.2. The van der Waals surface area contributed by atoms with E-state index in [1.54, 1.807) is 0 Å². The molecule has 0 amide bonds. The number of allylic oxidation sites excluding steroid dienone is 16. The third-order valence-corrected chi connectivity index (χ3v) is 13.8. The van der Waals surface area contributed by atoms with Gasteiger partial charge in [-0.2, -0.15) is 0 Å². The first kappa shape index (κ1) is 72.3. The molecule has 6 nitrogen and oxygen atoms in total. The Balaban J connectivity index is 4.43. The second-order valence-corrected chi connectivity index (χ2v) is 21.3. The van der Waals surface area contributed by atoms with Crippen molar-refractivity contribution in [1.82, 2.24) is 0 Å². The number of carbonyl (C=O) groups excluding carboxylic acids is 3. The van der Waals surface area contributed by atoms with Crippen LogP contribution in [0.25, 0.3) is 0 Å². The highest BCUT2D eigenvalue weighted by molar-refractivity contribution is 5.71. The largest absolute Gasteiger partial charge is 0.462 e. The van der Waals surface area contributed by atoms with Gasteiger partial charge in [-0.15, -0.1) is 0 Å². The number of carbonyl (C=O) groups is 3. The van der Waals surface area contributed by atoms with Gasteiger partial charge in [0.15, 0.2) is 6.10 Å². The number of rotatable bonds is 58. The molecule has 436 valence electrons. The monoisotopic (exact) mass is 1060 g/mol. The molecule has 1 atom stereocenters. The zero-order valence-electron chi connectivity index (χ0n) is 50.0. The Morgan fingerprint density at radius 1 is 0.263 bits per heavy atom. The minimum atomic E-state index is -0.796. The maximum absolute atomic E-state index is 12.9. The number of esters is 3. The molecule has 76 heavy (non-hydrogen) atoms. The molecule has 1 unspecified atom stereocenters. The number of unbranched alkanes of at least 4 members (excludes halogenated alkanes) is 31. The van der Waals surface area contributed by atoms with Crippen LogP contribution in [-0.4, -0.2) is 37.2 Å². The van der Waals surface area contributed by atoms with Crippen molar-refractivity contribution < 1.29 is 28.6 Å². The minimum absolute atomic E-state index is 0.0915. The highest BCUT2D eigenvalue weighted by Crippen LogP contribution is 2.15. The zero-order valence-corrected chi connectivity index (χ0v) is 50.0. The van der Waals surface area contributed by atoms with Crippen LogP contribution in [0.4, 0.5) is 0 Å². The molecule has 0 aliphatic rings. The lowest BCUT2D eigenvalue weighted by Crippen LogP contribution is -2.30. The van der Waals surface area contributed by atoms with Crippen LogP contribution < -0.4 is 0 Å². The van der Waals surface area contributed by atoms with E-state index in [0.29, 0.717) is 19.3 Å². The molecule has 0 saturated heterocycles. The molecule has 0 aromatic rings. The highest BCUT2D eigenvalue weighted by Gasteiger charge is 2.19. The van der Waals surface area contributed by atoms with Gasteiger partial charge < -0.3 is 14.2 Å². The van der Waals surface area contributed by atoms with Gasteiger partial charge in [0.1, 0.15) is 13.2 Å². The lowest BCUT2D eigenvalue weighted by Gasteiger charge is -2.18. The smallest absolute Gasteiger partial charge is 0.306 e. The van der Waals surface area contributed by atoms with E-state index in [0.717, 1.165) is 128 Å². The Morgan fingerprint density at radius 3 is 0.776 bits per heavy atom. The first-order valence-electron chi connectivity index (χ1n) is 32.2. The molecule has 0 aromatic carbocycles. The molecule has 0 fully saturated rings. The molecule has 0 aliphatic carbocycles. The van der Waals surface area contributed by atoms with Gasteiger partial charge in [0.2, 0.25) is 0 Å². The normalized spacial score (nSPS) is 12.7. The van der Waals surface area contributed by atoms with Crippen LogP contribution in [0.3, 0.4) is 0 Å². The Hall–Kier alpha value is -3.67. The first-order chi connectivity index (χ1) is 37.5. The van der Waals surface area contributed by atoms with Crippen LogP contribution in [0.2, 0.25) is 0 Å². The summed E-state index contributed by atoms with van der Waals surface area (Å²) < 4.78 is 16.9. The fourth-order valence-electron chi connectivity index (χ4n) is 8.90. The molecule has 0 saturated carbocycles. The van der Waals surface area contributed by atoms with E-state index in [9.17, 15) is 14.4 Å². The van der Waals surface area contributed by atoms with Crippen LogP contribution in [0.1, 0.15) is 310 Å². The van der Waals surface area contributed by atoms with E-state index in [-0.39, 0.29) is 31.1 Å². The lowest BCUT2D eigenvalue weighted by atomic mass is 10.1.